The first kappa shape index (κ1) is 20.3. The number of carbonyl (C=O) groups excluding carboxylic acids is 1. The van der Waals surface area contributed by atoms with Crippen molar-refractivity contribution in [3.8, 4) is 11.5 Å². The minimum atomic E-state index is -0.331. The van der Waals surface area contributed by atoms with Crippen LogP contribution in [0.3, 0.4) is 0 Å². The Morgan fingerprint density at radius 3 is 2.75 bits per heavy atom. The molecule has 1 fully saturated rings. The predicted octanol–water partition coefficient (Wildman–Crippen LogP) is 3.37. The number of ether oxygens (including phenoxy) is 1. The van der Waals surface area contributed by atoms with Crippen LogP contribution in [0.4, 0.5) is 10.1 Å². The van der Waals surface area contributed by atoms with Gasteiger partial charge >= 0.3 is 0 Å². The topological polar surface area (TPSA) is 96.3 Å². The number of imidazole rings is 1. The molecule has 0 saturated carbocycles. The summed E-state index contributed by atoms with van der Waals surface area (Å²) in [7, 11) is 0. The van der Waals surface area contributed by atoms with Gasteiger partial charge in [0.2, 0.25) is 11.8 Å². The van der Waals surface area contributed by atoms with Crippen LogP contribution in [0.1, 0.15) is 11.5 Å². The van der Waals surface area contributed by atoms with E-state index in [1.54, 1.807) is 12.1 Å². The van der Waals surface area contributed by atoms with Crippen molar-refractivity contribution in [2.75, 3.05) is 31.6 Å². The first-order valence-corrected chi connectivity index (χ1v) is 10.4. The number of amides is 1. The summed E-state index contributed by atoms with van der Waals surface area (Å²) in [5.41, 5.74) is 3.54. The van der Waals surface area contributed by atoms with Crippen LogP contribution in [0.2, 0.25) is 0 Å². The maximum absolute atomic E-state index is 13.1. The number of aromatic amines is 1. The van der Waals surface area contributed by atoms with Crippen LogP contribution < -0.4 is 5.32 Å². The summed E-state index contributed by atoms with van der Waals surface area (Å²) in [5, 5.41) is 2.88. The standard InChI is InChI=1S/C23H22FN5O3/c24-16-3-1-15(2-4-16)23-26-18(14-32-23)12-22(30)25-17-5-6-19-20(11-17)28-21(27-19)13-29-7-9-31-10-8-29/h1-6,11,14H,7-10,12-13H2,(H,25,30)(H,27,28). The molecule has 9 heteroatoms. The number of morpholine rings is 1. The quantitative estimate of drug-likeness (QED) is 0.482. The Kier molecular flexibility index (Phi) is 5.66. The maximum Gasteiger partial charge on any atom is 0.230 e. The monoisotopic (exact) mass is 435 g/mol. The van der Waals surface area contributed by atoms with Gasteiger partial charge in [0, 0.05) is 24.3 Å². The van der Waals surface area contributed by atoms with Gasteiger partial charge in [0.1, 0.15) is 17.9 Å². The lowest BCUT2D eigenvalue weighted by Gasteiger charge is -2.25. The van der Waals surface area contributed by atoms with Crippen molar-refractivity contribution < 1.29 is 18.3 Å². The highest BCUT2D eigenvalue weighted by atomic mass is 19.1. The van der Waals surface area contributed by atoms with Gasteiger partial charge in [0.15, 0.2) is 0 Å². The van der Waals surface area contributed by atoms with E-state index >= 15 is 0 Å². The number of rotatable bonds is 6. The number of carbonyl (C=O) groups is 1. The molecule has 0 bridgehead atoms. The normalized spacial score (nSPS) is 14.7. The van der Waals surface area contributed by atoms with E-state index in [4.69, 9.17) is 9.15 Å². The number of nitrogens with zero attached hydrogens (tertiary/aromatic N) is 3. The number of oxazole rings is 1. The van der Waals surface area contributed by atoms with Crippen molar-refractivity contribution in [3.05, 3.63) is 66.1 Å². The summed E-state index contributed by atoms with van der Waals surface area (Å²) in [4.78, 5) is 27.1. The number of anilines is 1. The summed E-state index contributed by atoms with van der Waals surface area (Å²) in [6, 6.07) is 11.4. The van der Waals surface area contributed by atoms with Crippen LogP contribution in [0.15, 0.2) is 53.1 Å². The van der Waals surface area contributed by atoms with E-state index < -0.39 is 0 Å². The number of halogens is 1. The zero-order chi connectivity index (χ0) is 21.9. The maximum atomic E-state index is 13.1. The molecule has 0 aliphatic carbocycles. The van der Waals surface area contributed by atoms with E-state index in [1.165, 1.54) is 18.4 Å². The highest BCUT2D eigenvalue weighted by Gasteiger charge is 2.14. The second kappa shape index (κ2) is 8.89. The molecule has 2 N–H and O–H groups in total. The summed E-state index contributed by atoms with van der Waals surface area (Å²) in [6.07, 6.45) is 1.50. The van der Waals surface area contributed by atoms with E-state index in [0.29, 0.717) is 22.8 Å². The molecule has 4 aromatic rings. The van der Waals surface area contributed by atoms with Gasteiger partial charge in [-0.3, -0.25) is 9.69 Å². The van der Waals surface area contributed by atoms with Crippen LogP contribution in [0, 0.1) is 5.82 Å². The molecule has 1 aliphatic rings. The van der Waals surface area contributed by atoms with E-state index in [-0.39, 0.29) is 18.1 Å². The van der Waals surface area contributed by atoms with Gasteiger partial charge in [0.25, 0.3) is 0 Å². The smallest absolute Gasteiger partial charge is 0.230 e. The molecule has 32 heavy (non-hydrogen) atoms. The van der Waals surface area contributed by atoms with E-state index in [1.807, 2.05) is 18.2 Å². The number of aromatic nitrogens is 3. The van der Waals surface area contributed by atoms with Crippen LogP contribution in [-0.2, 0) is 22.5 Å². The molecule has 0 atom stereocenters. The second-order valence-electron chi connectivity index (χ2n) is 7.68. The number of H-pyrrole nitrogens is 1. The Morgan fingerprint density at radius 1 is 1.12 bits per heavy atom. The number of hydrogen-bond donors (Lipinski definition) is 2. The van der Waals surface area contributed by atoms with Gasteiger partial charge in [-0.2, -0.15) is 0 Å². The molecular weight excluding hydrogens is 413 g/mol. The van der Waals surface area contributed by atoms with Gasteiger partial charge in [-0.25, -0.2) is 14.4 Å². The van der Waals surface area contributed by atoms with Gasteiger partial charge in [-0.1, -0.05) is 0 Å². The molecule has 8 nitrogen and oxygen atoms in total. The van der Waals surface area contributed by atoms with Crippen LogP contribution >= 0.6 is 0 Å². The van der Waals surface area contributed by atoms with Crippen molar-refractivity contribution in [1.29, 1.82) is 0 Å². The van der Waals surface area contributed by atoms with Crippen molar-refractivity contribution >= 4 is 22.6 Å². The lowest BCUT2D eigenvalue weighted by molar-refractivity contribution is -0.115. The van der Waals surface area contributed by atoms with Gasteiger partial charge in [-0.05, 0) is 42.5 Å². The van der Waals surface area contributed by atoms with E-state index in [9.17, 15) is 9.18 Å². The van der Waals surface area contributed by atoms with Gasteiger partial charge in [0.05, 0.1) is 42.9 Å². The van der Waals surface area contributed by atoms with E-state index in [2.05, 4.69) is 25.2 Å². The molecule has 2 aromatic carbocycles. The Morgan fingerprint density at radius 2 is 1.94 bits per heavy atom. The molecule has 1 amide bonds. The molecular formula is C23H22FN5O3. The fourth-order valence-electron chi connectivity index (χ4n) is 3.67. The number of fused-ring (bicyclic) bond motifs is 1. The first-order valence-electron chi connectivity index (χ1n) is 10.4. The van der Waals surface area contributed by atoms with Gasteiger partial charge in [-0.15, -0.1) is 0 Å². The Balaban J connectivity index is 1.22. The lowest BCUT2D eigenvalue weighted by Crippen LogP contribution is -2.35. The third kappa shape index (κ3) is 4.68. The number of benzene rings is 2. The fourth-order valence-corrected chi connectivity index (χ4v) is 3.67. The molecule has 3 heterocycles. The van der Waals surface area contributed by atoms with Crippen LogP contribution in [0.25, 0.3) is 22.5 Å². The molecule has 0 spiro atoms. The highest BCUT2D eigenvalue weighted by Crippen LogP contribution is 2.21. The lowest BCUT2D eigenvalue weighted by atomic mass is 10.2. The largest absolute Gasteiger partial charge is 0.444 e. The predicted molar refractivity (Wildman–Crippen MR) is 116 cm³/mol. The fraction of sp³-hybridized carbons (Fsp3) is 0.261. The van der Waals surface area contributed by atoms with Crippen molar-refractivity contribution in [2.45, 2.75) is 13.0 Å². The minimum absolute atomic E-state index is 0.0635. The zero-order valence-corrected chi connectivity index (χ0v) is 17.3. The molecule has 1 aliphatic heterocycles. The molecule has 0 radical (unpaired) electrons. The Bertz CT molecular complexity index is 1230. The second-order valence-corrected chi connectivity index (χ2v) is 7.68. The van der Waals surface area contributed by atoms with Crippen molar-refractivity contribution in [2.24, 2.45) is 0 Å². The zero-order valence-electron chi connectivity index (χ0n) is 17.3. The average Bonchev–Trinajstić information content (AvgIpc) is 3.41. The average molecular weight is 435 g/mol. The van der Waals surface area contributed by atoms with Crippen molar-refractivity contribution in [1.82, 2.24) is 19.9 Å². The summed E-state index contributed by atoms with van der Waals surface area (Å²) in [6.45, 7) is 4.01. The third-order valence-corrected chi connectivity index (χ3v) is 5.28. The molecule has 0 unspecified atom stereocenters. The molecule has 1 saturated heterocycles. The molecule has 164 valence electrons. The minimum Gasteiger partial charge on any atom is -0.444 e. The number of hydrogen-bond acceptors (Lipinski definition) is 6. The summed E-state index contributed by atoms with van der Waals surface area (Å²) < 4.78 is 23.9. The molecule has 2 aromatic heterocycles. The highest BCUT2D eigenvalue weighted by molar-refractivity contribution is 5.94. The first-order chi connectivity index (χ1) is 15.6. The number of nitrogens with one attached hydrogen (secondary N) is 2. The SMILES string of the molecule is O=C(Cc1coc(-c2ccc(F)cc2)n1)Nc1ccc2nc(CN3CCOCC3)[nH]c2c1. The summed E-state index contributed by atoms with van der Waals surface area (Å²) in [5.74, 6) is 0.694. The Hall–Kier alpha value is -3.56. The van der Waals surface area contributed by atoms with Crippen molar-refractivity contribution in [3.63, 3.8) is 0 Å². The third-order valence-electron chi connectivity index (χ3n) is 5.28. The molecule has 5 rings (SSSR count). The van der Waals surface area contributed by atoms with Crippen LogP contribution in [-0.4, -0.2) is 52.1 Å². The Labute approximate surface area is 183 Å². The van der Waals surface area contributed by atoms with Crippen LogP contribution in [0.5, 0.6) is 0 Å². The van der Waals surface area contributed by atoms with Gasteiger partial charge < -0.3 is 19.5 Å². The van der Waals surface area contributed by atoms with E-state index in [0.717, 1.165) is 49.7 Å². The summed E-state index contributed by atoms with van der Waals surface area (Å²) >= 11 is 0.